The van der Waals surface area contributed by atoms with Gasteiger partial charge in [-0.3, -0.25) is 4.98 Å². The predicted octanol–water partition coefficient (Wildman–Crippen LogP) is 3.34. The largest absolute Gasteiger partial charge is 0.330 e. The summed E-state index contributed by atoms with van der Waals surface area (Å²) in [6, 6.07) is 10.3. The molecule has 0 amide bonds. The summed E-state index contributed by atoms with van der Waals surface area (Å²) in [6.07, 6.45) is 3.51. The number of nitrogens with zero attached hydrogens (tertiary/aromatic N) is 3. The molecule has 0 saturated heterocycles. The number of benzene rings is 1. The number of hydrogen-bond donors (Lipinski definition) is 1. The monoisotopic (exact) mass is 328 g/mol. The third-order valence-electron chi connectivity index (χ3n) is 3.47. The molecule has 0 saturated carbocycles. The van der Waals surface area contributed by atoms with Crippen molar-refractivity contribution in [2.24, 2.45) is 12.8 Å². The smallest absolute Gasteiger partial charge is 0.168 e. The zero-order valence-electron chi connectivity index (χ0n) is 12.7. The van der Waals surface area contributed by atoms with Crippen LogP contribution in [0.3, 0.4) is 0 Å². The third kappa shape index (κ3) is 3.28. The van der Waals surface area contributed by atoms with Crippen molar-refractivity contribution >= 4 is 11.8 Å². The van der Waals surface area contributed by atoms with Crippen LogP contribution < -0.4 is 5.73 Å². The van der Waals surface area contributed by atoms with Gasteiger partial charge in [0.1, 0.15) is 5.82 Å². The van der Waals surface area contributed by atoms with Gasteiger partial charge in [-0.15, -0.1) is 0 Å². The number of rotatable bonds is 5. The maximum atomic E-state index is 13.2. The first-order valence-electron chi connectivity index (χ1n) is 7.26. The lowest BCUT2D eigenvalue weighted by atomic mass is 10.1. The summed E-state index contributed by atoms with van der Waals surface area (Å²) in [5.41, 5.74) is 9.32. The highest BCUT2D eigenvalue weighted by atomic mass is 32.2. The van der Waals surface area contributed by atoms with Gasteiger partial charge in [-0.1, -0.05) is 11.8 Å². The van der Waals surface area contributed by atoms with E-state index in [9.17, 15) is 4.39 Å². The van der Waals surface area contributed by atoms with Crippen molar-refractivity contribution in [3.05, 3.63) is 54.6 Å². The van der Waals surface area contributed by atoms with Crippen LogP contribution in [-0.4, -0.2) is 26.8 Å². The Hall–Kier alpha value is -2.18. The van der Waals surface area contributed by atoms with Crippen LogP contribution in [0, 0.1) is 5.82 Å². The summed E-state index contributed by atoms with van der Waals surface area (Å²) in [6.45, 7) is 0.591. The molecule has 0 spiro atoms. The van der Waals surface area contributed by atoms with Crippen molar-refractivity contribution in [1.29, 1.82) is 0 Å². The highest BCUT2D eigenvalue weighted by Gasteiger charge is 2.18. The molecule has 0 bridgehead atoms. The Morgan fingerprint density at radius 3 is 2.43 bits per heavy atom. The molecular formula is C17H17FN4S. The minimum Gasteiger partial charge on any atom is -0.330 e. The SMILES string of the molecule is Cn1c(SCCN)nc(-c2ccc(F)cc2)c1-c1ccncc1. The van der Waals surface area contributed by atoms with E-state index in [-0.39, 0.29) is 5.82 Å². The molecule has 2 heterocycles. The van der Waals surface area contributed by atoms with Crippen LogP contribution in [0.5, 0.6) is 0 Å². The minimum atomic E-state index is -0.257. The number of nitrogens with two attached hydrogens (primary N) is 1. The number of thioether (sulfide) groups is 1. The van der Waals surface area contributed by atoms with Crippen molar-refractivity contribution in [3.8, 4) is 22.5 Å². The number of hydrogen-bond acceptors (Lipinski definition) is 4. The van der Waals surface area contributed by atoms with Crippen LogP contribution in [0.25, 0.3) is 22.5 Å². The average Bonchev–Trinajstić information content (AvgIpc) is 2.91. The number of aromatic nitrogens is 3. The maximum absolute atomic E-state index is 13.2. The number of pyridine rings is 1. The zero-order valence-corrected chi connectivity index (χ0v) is 13.6. The molecule has 118 valence electrons. The van der Waals surface area contributed by atoms with Crippen LogP contribution >= 0.6 is 11.8 Å². The fourth-order valence-corrected chi connectivity index (χ4v) is 3.15. The van der Waals surface area contributed by atoms with Crippen LogP contribution in [-0.2, 0) is 7.05 Å². The molecule has 0 atom stereocenters. The molecule has 0 aliphatic carbocycles. The van der Waals surface area contributed by atoms with E-state index >= 15 is 0 Å². The van der Waals surface area contributed by atoms with E-state index in [1.165, 1.54) is 12.1 Å². The summed E-state index contributed by atoms with van der Waals surface area (Å²) >= 11 is 1.61. The van der Waals surface area contributed by atoms with E-state index in [1.54, 1.807) is 36.3 Å². The van der Waals surface area contributed by atoms with Gasteiger partial charge in [0.2, 0.25) is 0 Å². The first kappa shape index (κ1) is 15.7. The zero-order chi connectivity index (χ0) is 16.2. The van der Waals surface area contributed by atoms with E-state index in [0.717, 1.165) is 33.4 Å². The Morgan fingerprint density at radius 2 is 1.78 bits per heavy atom. The van der Waals surface area contributed by atoms with Crippen molar-refractivity contribution in [3.63, 3.8) is 0 Å². The molecule has 2 aromatic heterocycles. The molecule has 3 rings (SSSR count). The number of imidazole rings is 1. The molecule has 1 aromatic carbocycles. The summed E-state index contributed by atoms with van der Waals surface area (Å²) < 4.78 is 15.3. The van der Waals surface area contributed by atoms with Crippen molar-refractivity contribution in [1.82, 2.24) is 14.5 Å². The molecule has 0 unspecified atom stereocenters. The van der Waals surface area contributed by atoms with E-state index in [2.05, 4.69) is 4.98 Å². The Balaban J connectivity index is 2.15. The quantitative estimate of drug-likeness (QED) is 0.730. The average molecular weight is 328 g/mol. The Bertz CT molecular complexity index is 784. The molecule has 0 fully saturated rings. The molecular weight excluding hydrogens is 311 g/mol. The topological polar surface area (TPSA) is 56.7 Å². The van der Waals surface area contributed by atoms with Crippen molar-refractivity contribution in [2.75, 3.05) is 12.3 Å². The van der Waals surface area contributed by atoms with Gasteiger partial charge < -0.3 is 10.3 Å². The molecule has 0 aliphatic heterocycles. The van der Waals surface area contributed by atoms with Crippen LogP contribution in [0.2, 0.25) is 0 Å². The second kappa shape index (κ2) is 6.93. The minimum absolute atomic E-state index is 0.257. The molecule has 0 aliphatic rings. The second-order valence-corrected chi connectivity index (χ2v) is 6.09. The van der Waals surface area contributed by atoms with Crippen LogP contribution in [0.15, 0.2) is 53.9 Å². The van der Waals surface area contributed by atoms with Gasteiger partial charge in [0.25, 0.3) is 0 Å². The highest BCUT2D eigenvalue weighted by Crippen LogP contribution is 2.34. The lowest BCUT2D eigenvalue weighted by Gasteiger charge is -2.07. The van der Waals surface area contributed by atoms with Gasteiger partial charge in [0.05, 0.1) is 11.4 Å². The molecule has 6 heteroatoms. The Morgan fingerprint density at radius 1 is 1.09 bits per heavy atom. The fourth-order valence-electron chi connectivity index (χ4n) is 2.41. The lowest BCUT2D eigenvalue weighted by Crippen LogP contribution is -2.03. The Kier molecular flexibility index (Phi) is 4.73. The Labute approximate surface area is 138 Å². The van der Waals surface area contributed by atoms with Gasteiger partial charge in [-0.05, 0) is 36.4 Å². The standard InChI is InChI=1S/C17H17FN4S/c1-22-16(13-6-9-20-10-7-13)15(21-17(22)23-11-8-19)12-2-4-14(18)5-3-12/h2-7,9-10H,8,11,19H2,1H3. The highest BCUT2D eigenvalue weighted by molar-refractivity contribution is 7.99. The lowest BCUT2D eigenvalue weighted by molar-refractivity contribution is 0.628. The molecule has 3 aromatic rings. The van der Waals surface area contributed by atoms with Crippen LogP contribution in [0.1, 0.15) is 0 Å². The number of halogens is 1. The van der Waals surface area contributed by atoms with Gasteiger partial charge in [0, 0.05) is 42.9 Å². The van der Waals surface area contributed by atoms with Crippen LogP contribution in [0.4, 0.5) is 4.39 Å². The van der Waals surface area contributed by atoms with Crippen molar-refractivity contribution in [2.45, 2.75) is 5.16 Å². The normalized spacial score (nSPS) is 10.9. The summed E-state index contributed by atoms with van der Waals surface area (Å²) in [7, 11) is 1.98. The molecule has 0 radical (unpaired) electrons. The van der Waals surface area contributed by atoms with E-state index in [4.69, 9.17) is 10.7 Å². The first-order valence-corrected chi connectivity index (χ1v) is 8.25. The van der Waals surface area contributed by atoms with E-state index in [1.807, 2.05) is 23.7 Å². The van der Waals surface area contributed by atoms with Crippen molar-refractivity contribution < 1.29 is 4.39 Å². The first-order chi connectivity index (χ1) is 11.2. The third-order valence-corrected chi connectivity index (χ3v) is 4.54. The molecule has 23 heavy (non-hydrogen) atoms. The second-order valence-electron chi connectivity index (χ2n) is 5.03. The van der Waals surface area contributed by atoms with Gasteiger partial charge in [0.15, 0.2) is 5.16 Å². The van der Waals surface area contributed by atoms with Gasteiger partial charge >= 0.3 is 0 Å². The maximum Gasteiger partial charge on any atom is 0.168 e. The van der Waals surface area contributed by atoms with E-state index < -0.39 is 0 Å². The molecule has 4 nitrogen and oxygen atoms in total. The predicted molar refractivity (Wildman–Crippen MR) is 91.6 cm³/mol. The van der Waals surface area contributed by atoms with Gasteiger partial charge in [-0.25, -0.2) is 9.37 Å². The summed E-state index contributed by atoms with van der Waals surface area (Å²) in [4.78, 5) is 8.82. The van der Waals surface area contributed by atoms with E-state index in [0.29, 0.717) is 6.54 Å². The van der Waals surface area contributed by atoms with Gasteiger partial charge in [-0.2, -0.15) is 0 Å². The molecule has 2 N–H and O–H groups in total. The fraction of sp³-hybridized carbons (Fsp3) is 0.176. The summed E-state index contributed by atoms with van der Waals surface area (Å²) in [5, 5.41) is 0.890. The summed E-state index contributed by atoms with van der Waals surface area (Å²) in [5.74, 6) is 0.539.